The second kappa shape index (κ2) is 8.41. The highest BCUT2D eigenvalue weighted by Gasteiger charge is 2.20. The molecule has 0 unspecified atom stereocenters. The molecule has 0 radical (unpaired) electrons. The Labute approximate surface area is 118 Å². The van der Waals surface area contributed by atoms with Crippen LogP contribution in [0.15, 0.2) is 0 Å². The molecule has 0 saturated carbocycles. The third-order valence-corrected chi connectivity index (χ3v) is 4.06. The molecule has 0 spiro atoms. The van der Waals surface area contributed by atoms with Gasteiger partial charge in [0.15, 0.2) is 0 Å². The normalized spacial score (nSPS) is 18.5. The molecule has 3 nitrogen and oxygen atoms in total. The number of rotatable bonds is 8. The fourth-order valence-corrected chi connectivity index (χ4v) is 2.53. The fourth-order valence-electron chi connectivity index (χ4n) is 2.19. The Morgan fingerprint density at radius 3 is 2.44 bits per heavy atom. The first-order chi connectivity index (χ1) is 8.53. The van der Waals surface area contributed by atoms with Crippen molar-refractivity contribution in [2.75, 3.05) is 58.7 Å². The molecule has 108 valence electrons. The number of hydrogen-bond acceptors (Lipinski definition) is 4. The Morgan fingerprint density at radius 2 is 1.83 bits per heavy atom. The van der Waals surface area contributed by atoms with Gasteiger partial charge in [-0.1, -0.05) is 13.8 Å². The molecular weight excluding hydrogens is 244 g/mol. The van der Waals surface area contributed by atoms with E-state index >= 15 is 0 Å². The van der Waals surface area contributed by atoms with Crippen LogP contribution in [0.1, 0.15) is 26.7 Å². The van der Waals surface area contributed by atoms with Crippen LogP contribution < -0.4 is 0 Å². The van der Waals surface area contributed by atoms with Gasteiger partial charge in [-0.15, -0.1) is 0 Å². The van der Waals surface area contributed by atoms with E-state index in [0.717, 1.165) is 38.6 Å². The van der Waals surface area contributed by atoms with Crippen LogP contribution in [0.25, 0.3) is 0 Å². The van der Waals surface area contributed by atoms with Gasteiger partial charge in [-0.05, 0) is 38.4 Å². The molecule has 0 amide bonds. The molecule has 0 aromatic heterocycles. The van der Waals surface area contributed by atoms with E-state index < -0.39 is 0 Å². The molecule has 0 aliphatic carbocycles. The Kier molecular flexibility index (Phi) is 7.61. The van der Waals surface area contributed by atoms with Crippen LogP contribution in [0.3, 0.4) is 0 Å². The minimum atomic E-state index is 0.434. The lowest BCUT2D eigenvalue weighted by Gasteiger charge is -2.32. The molecule has 1 saturated heterocycles. The van der Waals surface area contributed by atoms with Crippen molar-refractivity contribution in [1.82, 2.24) is 9.80 Å². The first-order valence-electron chi connectivity index (χ1n) is 7.13. The molecule has 18 heavy (non-hydrogen) atoms. The van der Waals surface area contributed by atoms with Crippen molar-refractivity contribution in [2.24, 2.45) is 5.41 Å². The summed E-state index contributed by atoms with van der Waals surface area (Å²) in [7, 11) is 2.19. The fraction of sp³-hybridized carbons (Fsp3) is 1.00. The molecule has 0 N–H and O–H groups in total. The van der Waals surface area contributed by atoms with Gasteiger partial charge in [0.05, 0.1) is 13.2 Å². The molecule has 1 aliphatic heterocycles. The van der Waals surface area contributed by atoms with E-state index in [4.69, 9.17) is 4.74 Å². The van der Waals surface area contributed by atoms with Crippen molar-refractivity contribution >= 4 is 12.6 Å². The number of ether oxygens (including phenoxy) is 1. The maximum Gasteiger partial charge on any atom is 0.0594 e. The van der Waals surface area contributed by atoms with Crippen molar-refractivity contribution in [3.63, 3.8) is 0 Å². The maximum absolute atomic E-state index is 5.38. The molecule has 0 aromatic carbocycles. The van der Waals surface area contributed by atoms with Crippen molar-refractivity contribution in [3.05, 3.63) is 0 Å². The van der Waals surface area contributed by atoms with Crippen molar-refractivity contribution in [2.45, 2.75) is 26.7 Å². The summed E-state index contributed by atoms with van der Waals surface area (Å²) in [5, 5.41) is 0. The monoisotopic (exact) mass is 274 g/mol. The van der Waals surface area contributed by atoms with Gasteiger partial charge in [-0.25, -0.2) is 0 Å². The van der Waals surface area contributed by atoms with E-state index in [-0.39, 0.29) is 0 Å². The molecular formula is C14H30N2OS. The van der Waals surface area contributed by atoms with Crippen LogP contribution >= 0.6 is 12.6 Å². The molecule has 0 aromatic rings. The number of thiol groups is 1. The van der Waals surface area contributed by atoms with E-state index in [1.807, 2.05) is 0 Å². The van der Waals surface area contributed by atoms with Gasteiger partial charge in [-0.2, -0.15) is 12.6 Å². The highest BCUT2D eigenvalue weighted by Crippen LogP contribution is 2.25. The van der Waals surface area contributed by atoms with Crippen LogP contribution in [0, 0.1) is 5.41 Å². The zero-order valence-corrected chi connectivity index (χ0v) is 13.2. The smallest absolute Gasteiger partial charge is 0.0594 e. The summed E-state index contributed by atoms with van der Waals surface area (Å²) in [6, 6.07) is 0. The SMILES string of the molecule is CN(CCS)CCC(C)(C)CCN1CCOCC1. The van der Waals surface area contributed by atoms with E-state index in [2.05, 4.69) is 43.3 Å². The molecule has 1 fully saturated rings. The second-order valence-corrected chi connectivity index (χ2v) is 6.59. The lowest BCUT2D eigenvalue weighted by atomic mass is 9.85. The van der Waals surface area contributed by atoms with Crippen LogP contribution in [-0.4, -0.2) is 68.5 Å². The average molecular weight is 274 g/mol. The predicted octanol–water partition coefficient (Wildman–Crippen LogP) is 1.99. The molecule has 1 heterocycles. The minimum absolute atomic E-state index is 0.434. The van der Waals surface area contributed by atoms with Crippen molar-refractivity contribution in [3.8, 4) is 0 Å². The summed E-state index contributed by atoms with van der Waals surface area (Å²) in [6.07, 6.45) is 2.54. The molecule has 0 bridgehead atoms. The average Bonchev–Trinajstić information content (AvgIpc) is 2.36. The van der Waals surface area contributed by atoms with E-state index in [9.17, 15) is 0 Å². The van der Waals surface area contributed by atoms with E-state index in [1.165, 1.54) is 25.9 Å². The highest BCUT2D eigenvalue weighted by atomic mass is 32.1. The maximum atomic E-state index is 5.38. The van der Waals surface area contributed by atoms with Crippen LogP contribution in [0.5, 0.6) is 0 Å². The van der Waals surface area contributed by atoms with Gasteiger partial charge >= 0.3 is 0 Å². The van der Waals surface area contributed by atoms with Crippen molar-refractivity contribution in [1.29, 1.82) is 0 Å². The number of hydrogen-bond donors (Lipinski definition) is 1. The first kappa shape index (κ1) is 16.3. The Hall–Kier alpha value is 0.230. The lowest BCUT2D eigenvalue weighted by molar-refractivity contribution is 0.0319. The Morgan fingerprint density at radius 1 is 1.17 bits per heavy atom. The highest BCUT2D eigenvalue weighted by molar-refractivity contribution is 7.80. The Balaban J connectivity index is 2.17. The summed E-state index contributed by atoms with van der Waals surface area (Å²) in [4.78, 5) is 4.91. The zero-order valence-electron chi connectivity index (χ0n) is 12.3. The molecule has 1 aliphatic rings. The number of morpholine rings is 1. The first-order valence-corrected chi connectivity index (χ1v) is 7.76. The minimum Gasteiger partial charge on any atom is -0.379 e. The van der Waals surface area contributed by atoms with E-state index in [0.29, 0.717) is 5.41 Å². The third kappa shape index (κ3) is 6.98. The largest absolute Gasteiger partial charge is 0.379 e. The van der Waals surface area contributed by atoms with Gasteiger partial charge in [-0.3, -0.25) is 4.90 Å². The summed E-state index contributed by atoms with van der Waals surface area (Å²) in [6.45, 7) is 12.3. The van der Waals surface area contributed by atoms with Gasteiger partial charge < -0.3 is 9.64 Å². The number of nitrogens with zero attached hydrogens (tertiary/aromatic N) is 2. The lowest BCUT2D eigenvalue weighted by Crippen LogP contribution is -2.38. The molecule has 4 heteroatoms. The van der Waals surface area contributed by atoms with Gasteiger partial charge in [0.1, 0.15) is 0 Å². The van der Waals surface area contributed by atoms with Crippen LogP contribution in [-0.2, 0) is 4.74 Å². The summed E-state index contributed by atoms with van der Waals surface area (Å²) in [5.41, 5.74) is 0.434. The van der Waals surface area contributed by atoms with Crippen LogP contribution in [0.4, 0.5) is 0 Å². The summed E-state index contributed by atoms with van der Waals surface area (Å²) >= 11 is 4.28. The van der Waals surface area contributed by atoms with Crippen LogP contribution in [0.2, 0.25) is 0 Å². The topological polar surface area (TPSA) is 15.7 Å². The predicted molar refractivity (Wildman–Crippen MR) is 81.6 cm³/mol. The zero-order chi connectivity index (χ0) is 13.4. The van der Waals surface area contributed by atoms with E-state index in [1.54, 1.807) is 0 Å². The Bertz CT molecular complexity index is 218. The van der Waals surface area contributed by atoms with Gasteiger partial charge in [0.25, 0.3) is 0 Å². The van der Waals surface area contributed by atoms with Crippen molar-refractivity contribution < 1.29 is 4.74 Å². The summed E-state index contributed by atoms with van der Waals surface area (Å²) in [5.74, 6) is 0.949. The molecule has 1 rings (SSSR count). The summed E-state index contributed by atoms with van der Waals surface area (Å²) < 4.78 is 5.38. The second-order valence-electron chi connectivity index (χ2n) is 6.15. The quantitative estimate of drug-likeness (QED) is 0.682. The molecule has 0 atom stereocenters. The standard InChI is InChI=1S/C14H30N2OS/c1-14(2,4-6-15(3)10-13-18)5-7-16-8-11-17-12-9-16/h18H,4-13H2,1-3H3. The van der Waals surface area contributed by atoms with Gasteiger partial charge in [0.2, 0.25) is 0 Å². The third-order valence-electron chi connectivity index (χ3n) is 3.86. The van der Waals surface area contributed by atoms with Gasteiger partial charge in [0, 0.05) is 25.4 Å².